The molecule has 0 amide bonds. The van der Waals surface area contributed by atoms with Crippen LogP contribution in [0.4, 0.5) is 10.1 Å². The second-order valence-electron chi connectivity index (χ2n) is 5.01. The molecule has 0 saturated heterocycles. The van der Waals surface area contributed by atoms with Crippen LogP contribution in [0.15, 0.2) is 42.5 Å². The van der Waals surface area contributed by atoms with Gasteiger partial charge in [-0.15, -0.1) is 0 Å². The van der Waals surface area contributed by atoms with Gasteiger partial charge in [-0.1, -0.05) is 12.1 Å². The summed E-state index contributed by atoms with van der Waals surface area (Å²) >= 11 is 0. The highest BCUT2D eigenvalue weighted by molar-refractivity contribution is 5.56. The molecule has 3 nitrogen and oxygen atoms in total. The van der Waals surface area contributed by atoms with Crippen molar-refractivity contribution in [3.8, 4) is 11.5 Å². The third kappa shape index (κ3) is 4.38. The molecule has 21 heavy (non-hydrogen) atoms. The number of nitrogens with one attached hydrogen (secondary N) is 1. The fraction of sp³-hybridized carbons (Fsp3) is 0.294. The lowest BCUT2D eigenvalue weighted by Crippen LogP contribution is -2.06. The molecule has 0 aliphatic rings. The molecule has 0 aromatic heterocycles. The van der Waals surface area contributed by atoms with E-state index in [2.05, 4.69) is 5.32 Å². The Bertz CT molecular complexity index is 599. The fourth-order valence-electron chi connectivity index (χ4n) is 2.01. The molecule has 2 rings (SSSR count). The standard InChI is InChI=1S/C17H20FNO2/c1-12(2)21-15-6-4-5-13(9-15)11-19-16-8-7-14(18)10-17(16)20-3/h4-10,12,19H,11H2,1-3H3. The van der Waals surface area contributed by atoms with Crippen molar-refractivity contribution in [3.63, 3.8) is 0 Å². The van der Waals surface area contributed by atoms with E-state index in [1.807, 2.05) is 38.1 Å². The second kappa shape index (κ2) is 6.97. The topological polar surface area (TPSA) is 30.5 Å². The summed E-state index contributed by atoms with van der Waals surface area (Å²) in [6.45, 7) is 4.60. The molecule has 0 aliphatic carbocycles. The van der Waals surface area contributed by atoms with Crippen LogP contribution in [0.2, 0.25) is 0 Å². The predicted octanol–water partition coefficient (Wildman–Crippen LogP) is 4.23. The zero-order valence-corrected chi connectivity index (χ0v) is 12.5. The van der Waals surface area contributed by atoms with Crippen molar-refractivity contribution in [1.29, 1.82) is 0 Å². The molecule has 0 atom stereocenters. The molecule has 0 saturated carbocycles. The number of hydrogen-bond acceptors (Lipinski definition) is 3. The Morgan fingerprint density at radius 2 is 1.95 bits per heavy atom. The van der Waals surface area contributed by atoms with Crippen molar-refractivity contribution in [1.82, 2.24) is 0 Å². The summed E-state index contributed by atoms with van der Waals surface area (Å²) in [6.07, 6.45) is 0.144. The summed E-state index contributed by atoms with van der Waals surface area (Å²) in [5.74, 6) is 1.02. The van der Waals surface area contributed by atoms with Gasteiger partial charge in [0.05, 0.1) is 18.9 Å². The molecule has 0 radical (unpaired) electrons. The van der Waals surface area contributed by atoms with Gasteiger partial charge >= 0.3 is 0 Å². The van der Waals surface area contributed by atoms with Crippen LogP contribution in [-0.2, 0) is 6.54 Å². The molecular formula is C17H20FNO2. The van der Waals surface area contributed by atoms with E-state index in [1.54, 1.807) is 6.07 Å². The highest BCUT2D eigenvalue weighted by Crippen LogP contribution is 2.25. The second-order valence-corrected chi connectivity index (χ2v) is 5.01. The fourth-order valence-corrected chi connectivity index (χ4v) is 2.01. The third-order valence-electron chi connectivity index (χ3n) is 2.92. The van der Waals surface area contributed by atoms with E-state index in [1.165, 1.54) is 19.2 Å². The van der Waals surface area contributed by atoms with Crippen molar-refractivity contribution >= 4 is 5.69 Å². The van der Waals surface area contributed by atoms with Crippen molar-refractivity contribution in [3.05, 3.63) is 53.8 Å². The summed E-state index contributed by atoms with van der Waals surface area (Å²) in [6, 6.07) is 12.3. The number of halogens is 1. The number of rotatable bonds is 6. The van der Waals surface area contributed by atoms with Gasteiger partial charge in [0.15, 0.2) is 0 Å². The number of ether oxygens (including phenoxy) is 2. The molecular weight excluding hydrogens is 269 g/mol. The summed E-state index contributed by atoms with van der Waals surface area (Å²) in [5.41, 5.74) is 1.84. The molecule has 0 heterocycles. The van der Waals surface area contributed by atoms with E-state index in [0.29, 0.717) is 12.3 Å². The maximum absolute atomic E-state index is 13.1. The minimum atomic E-state index is -0.315. The Balaban J connectivity index is 2.06. The lowest BCUT2D eigenvalue weighted by molar-refractivity contribution is 0.242. The highest BCUT2D eigenvalue weighted by Gasteiger charge is 2.05. The van der Waals surface area contributed by atoms with Crippen LogP contribution in [0.3, 0.4) is 0 Å². The van der Waals surface area contributed by atoms with Gasteiger partial charge in [0.1, 0.15) is 17.3 Å². The lowest BCUT2D eigenvalue weighted by Gasteiger charge is -2.13. The van der Waals surface area contributed by atoms with Crippen molar-refractivity contribution < 1.29 is 13.9 Å². The van der Waals surface area contributed by atoms with Gasteiger partial charge in [-0.05, 0) is 43.7 Å². The van der Waals surface area contributed by atoms with Gasteiger partial charge < -0.3 is 14.8 Å². The molecule has 2 aromatic carbocycles. The first-order valence-electron chi connectivity index (χ1n) is 6.91. The molecule has 112 valence electrons. The normalized spacial score (nSPS) is 10.5. The van der Waals surface area contributed by atoms with Crippen molar-refractivity contribution in [2.45, 2.75) is 26.5 Å². The van der Waals surface area contributed by atoms with E-state index in [-0.39, 0.29) is 11.9 Å². The average Bonchev–Trinajstić information content (AvgIpc) is 2.45. The van der Waals surface area contributed by atoms with E-state index in [0.717, 1.165) is 17.0 Å². The van der Waals surface area contributed by atoms with Gasteiger partial charge in [-0.25, -0.2) is 4.39 Å². The van der Waals surface area contributed by atoms with Gasteiger partial charge in [0.2, 0.25) is 0 Å². The molecule has 0 unspecified atom stereocenters. The number of benzene rings is 2. The summed E-state index contributed by atoms with van der Waals surface area (Å²) in [7, 11) is 1.52. The first-order chi connectivity index (χ1) is 10.1. The average molecular weight is 289 g/mol. The maximum Gasteiger partial charge on any atom is 0.144 e. The van der Waals surface area contributed by atoms with Crippen LogP contribution in [0, 0.1) is 5.82 Å². The Kier molecular flexibility index (Phi) is 5.04. The summed E-state index contributed by atoms with van der Waals surface area (Å²) in [5, 5.41) is 3.24. The predicted molar refractivity (Wildman–Crippen MR) is 82.5 cm³/mol. The smallest absolute Gasteiger partial charge is 0.144 e. The lowest BCUT2D eigenvalue weighted by atomic mass is 10.2. The Morgan fingerprint density at radius 3 is 2.67 bits per heavy atom. The Morgan fingerprint density at radius 1 is 1.14 bits per heavy atom. The zero-order chi connectivity index (χ0) is 15.2. The molecule has 2 aromatic rings. The monoisotopic (exact) mass is 289 g/mol. The van der Waals surface area contributed by atoms with Crippen LogP contribution in [0.1, 0.15) is 19.4 Å². The Labute approximate surface area is 124 Å². The van der Waals surface area contributed by atoms with Crippen LogP contribution < -0.4 is 14.8 Å². The first-order valence-corrected chi connectivity index (χ1v) is 6.91. The molecule has 0 spiro atoms. The van der Waals surface area contributed by atoms with Gasteiger partial charge in [0, 0.05) is 12.6 Å². The molecule has 0 fully saturated rings. The van der Waals surface area contributed by atoms with E-state index < -0.39 is 0 Å². The van der Waals surface area contributed by atoms with E-state index in [9.17, 15) is 4.39 Å². The minimum Gasteiger partial charge on any atom is -0.494 e. The van der Waals surface area contributed by atoms with Crippen molar-refractivity contribution in [2.24, 2.45) is 0 Å². The first kappa shape index (κ1) is 15.2. The van der Waals surface area contributed by atoms with Crippen LogP contribution in [0.25, 0.3) is 0 Å². The third-order valence-corrected chi connectivity index (χ3v) is 2.92. The molecule has 0 aliphatic heterocycles. The number of anilines is 1. The maximum atomic E-state index is 13.1. The summed E-state index contributed by atoms with van der Waals surface area (Å²) in [4.78, 5) is 0. The van der Waals surface area contributed by atoms with E-state index in [4.69, 9.17) is 9.47 Å². The number of hydrogen-bond donors (Lipinski definition) is 1. The van der Waals surface area contributed by atoms with Crippen LogP contribution in [-0.4, -0.2) is 13.2 Å². The SMILES string of the molecule is COc1cc(F)ccc1NCc1cccc(OC(C)C)c1. The van der Waals surface area contributed by atoms with Gasteiger partial charge in [-0.2, -0.15) is 0 Å². The quantitative estimate of drug-likeness (QED) is 0.863. The van der Waals surface area contributed by atoms with Crippen molar-refractivity contribution in [2.75, 3.05) is 12.4 Å². The van der Waals surface area contributed by atoms with Crippen LogP contribution >= 0.6 is 0 Å². The number of methoxy groups -OCH3 is 1. The molecule has 0 bridgehead atoms. The molecule has 1 N–H and O–H groups in total. The molecule has 4 heteroatoms. The van der Waals surface area contributed by atoms with Gasteiger partial charge in [0.25, 0.3) is 0 Å². The summed E-state index contributed by atoms with van der Waals surface area (Å²) < 4.78 is 24.0. The highest BCUT2D eigenvalue weighted by atomic mass is 19.1. The van der Waals surface area contributed by atoms with Crippen LogP contribution in [0.5, 0.6) is 11.5 Å². The van der Waals surface area contributed by atoms with E-state index >= 15 is 0 Å². The van der Waals surface area contributed by atoms with Gasteiger partial charge in [-0.3, -0.25) is 0 Å². The largest absolute Gasteiger partial charge is 0.494 e. The Hall–Kier alpha value is -2.23. The zero-order valence-electron chi connectivity index (χ0n) is 12.5. The minimum absolute atomic E-state index is 0.144.